The molecule has 0 saturated heterocycles. The van der Waals surface area contributed by atoms with Gasteiger partial charge >= 0.3 is 0 Å². The largest absolute Gasteiger partial charge is 0.356 e. The van der Waals surface area contributed by atoms with E-state index >= 15 is 0 Å². The van der Waals surface area contributed by atoms with Crippen molar-refractivity contribution >= 4 is 5.69 Å². The fourth-order valence-electron chi connectivity index (χ4n) is 6.91. The number of hydrogen-bond acceptors (Lipinski definition) is 2. The van der Waals surface area contributed by atoms with Gasteiger partial charge < -0.3 is 9.80 Å². The van der Waals surface area contributed by atoms with E-state index in [0.29, 0.717) is 6.17 Å². The third-order valence-electron chi connectivity index (χ3n) is 9.76. The number of hydrogen-bond donors (Lipinski definition) is 0. The Morgan fingerprint density at radius 2 is 0.791 bits per heavy atom. The molecule has 1 unspecified atom stereocenters. The number of unbranched alkanes of at least 4 members (excludes halogenated alkanes) is 26. The van der Waals surface area contributed by atoms with Crippen molar-refractivity contribution in [1.82, 2.24) is 4.90 Å². The van der Waals surface area contributed by atoms with Crippen LogP contribution >= 0.6 is 0 Å². The molecule has 1 aliphatic rings. The molecule has 0 N–H and O–H groups in total. The molecule has 43 heavy (non-hydrogen) atoms. The summed E-state index contributed by atoms with van der Waals surface area (Å²) in [6, 6.07) is 11.1. The third-order valence-corrected chi connectivity index (χ3v) is 9.76. The number of benzene rings is 1. The van der Waals surface area contributed by atoms with Gasteiger partial charge in [-0.3, -0.25) is 0 Å². The van der Waals surface area contributed by atoms with Gasteiger partial charge in [-0.2, -0.15) is 0 Å². The third kappa shape index (κ3) is 19.5. The summed E-state index contributed by atoms with van der Waals surface area (Å²) in [4.78, 5) is 5.18. The van der Waals surface area contributed by atoms with Crippen LogP contribution in [0.15, 0.2) is 42.7 Å². The van der Waals surface area contributed by atoms with Gasteiger partial charge in [0.05, 0.1) is 0 Å². The fourth-order valence-corrected chi connectivity index (χ4v) is 6.91. The van der Waals surface area contributed by atoms with E-state index in [1.165, 1.54) is 198 Å². The molecule has 1 heterocycles. The molecule has 0 radical (unpaired) electrons. The molecule has 1 aromatic rings. The van der Waals surface area contributed by atoms with Crippen molar-refractivity contribution < 1.29 is 0 Å². The minimum absolute atomic E-state index is 0.502. The summed E-state index contributed by atoms with van der Waals surface area (Å²) in [7, 11) is 0. The van der Waals surface area contributed by atoms with Gasteiger partial charge in [-0.15, -0.1) is 0 Å². The Hall–Kier alpha value is -1.44. The van der Waals surface area contributed by atoms with Crippen molar-refractivity contribution in [2.24, 2.45) is 0 Å². The summed E-state index contributed by atoms with van der Waals surface area (Å²) in [5.41, 5.74) is 1.34. The Kier molecular flexibility index (Phi) is 24.6. The summed E-state index contributed by atoms with van der Waals surface area (Å²) < 4.78 is 0. The number of para-hydroxylation sites is 1. The summed E-state index contributed by atoms with van der Waals surface area (Å²) in [6.45, 7) is 5.82. The topological polar surface area (TPSA) is 6.48 Å². The molecular weight excluding hydrogens is 520 g/mol. The van der Waals surface area contributed by atoms with E-state index in [-0.39, 0.29) is 0 Å². The van der Waals surface area contributed by atoms with Crippen molar-refractivity contribution in [3.63, 3.8) is 0 Å². The second kappa shape index (κ2) is 28.1. The standard InChI is InChI=1S/C41H74N2/c1-3-5-7-9-11-13-15-16-17-18-19-20-21-23-25-27-32-36-41-42(38-39-43(41)40-34-30-29-31-35-40)37-33-28-26-24-22-14-12-10-8-6-4-2/h29-31,34-35,38-39,41H,3-28,32-33,36-37H2,1-2H3. The Balaban J connectivity index is 1.51. The minimum Gasteiger partial charge on any atom is -0.356 e. The second-order valence-corrected chi connectivity index (χ2v) is 13.7. The highest BCUT2D eigenvalue weighted by molar-refractivity contribution is 5.51. The maximum Gasteiger partial charge on any atom is 0.105 e. The maximum absolute atomic E-state index is 2.65. The first kappa shape index (κ1) is 37.7. The van der Waals surface area contributed by atoms with Gasteiger partial charge in [-0.05, 0) is 31.4 Å². The summed E-state index contributed by atoms with van der Waals surface area (Å²) >= 11 is 0. The molecule has 248 valence electrons. The number of anilines is 1. The van der Waals surface area contributed by atoms with Crippen molar-refractivity contribution in [3.05, 3.63) is 42.7 Å². The minimum atomic E-state index is 0.502. The van der Waals surface area contributed by atoms with Crippen molar-refractivity contribution in [2.75, 3.05) is 11.4 Å². The van der Waals surface area contributed by atoms with Gasteiger partial charge in [-0.1, -0.05) is 199 Å². The van der Waals surface area contributed by atoms with Gasteiger partial charge in [0.15, 0.2) is 0 Å². The zero-order valence-electron chi connectivity index (χ0n) is 29.2. The predicted octanol–water partition coefficient (Wildman–Crippen LogP) is 14.0. The van der Waals surface area contributed by atoms with Crippen LogP contribution in [-0.4, -0.2) is 17.6 Å². The van der Waals surface area contributed by atoms with E-state index in [4.69, 9.17) is 0 Å². The first-order valence-corrected chi connectivity index (χ1v) is 19.6. The van der Waals surface area contributed by atoms with Crippen LogP contribution in [0.5, 0.6) is 0 Å². The highest BCUT2D eigenvalue weighted by Gasteiger charge is 2.26. The van der Waals surface area contributed by atoms with Gasteiger partial charge in [0.1, 0.15) is 6.17 Å². The molecule has 0 fully saturated rings. The van der Waals surface area contributed by atoms with E-state index in [2.05, 4.69) is 66.4 Å². The van der Waals surface area contributed by atoms with Crippen LogP contribution in [0.3, 0.4) is 0 Å². The molecule has 0 amide bonds. The Morgan fingerprint density at radius 1 is 0.419 bits per heavy atom. The number of nitrogens with zero attached hydrogens (tertiary/aromatic N) is 2. The highest BCUT2D eigenvalue weighted by Crippen LogP contribution is 2.28. The summed E-state index contributed by atoms with van der Waals surface area (Å²) in [5.74, 6) is 0. The van der Waals surface area contributed by atoms with Gasteiger partial charge in [0, 0.05) is 24.6 Å². The molecule has 1 atom stereocenters. The second-order valence-electron chi connectivity index (χ2n) is 13.7. The molecular formula is C41H74N2. The van der Waals surface area contributed by atoms with Gasteiger partial charge in [-0.25, -0.2) is 0 Å². The smallest absolute Gasteiger partial charge is 0.105 e. The van der Waals surface area contributed by atoms with Crippen LogP contribution in [0.2, 0.25) is 0 Å². The van der Waals surface area contributed by atoms with E-state index in [9.17, 15) is 0 Å². The average molecular weight is 595 g/mol. The predicted molar refractivity (Wildman–Crippen MR) is 194 cm³/mol. The maximum atomic E-state index is 2.65. The Labute approximate surface area is 270 Å². The summed E-state index contributed by atoms with van der Waals surface area (Å²) in [6.07, 6.45) is 46.6. The van der Waals surface area contributed by atoms with Crippen LogP contribution < -0.4 is 4.90 Å². The van der Waals surface area contributed by atoms with Crippen LogP contribution in [0, 0.1) is 0 Å². The lowest BCUT2D eigenvalue weighted by Crippen LogP contribution is -2.39. The van der Waals surface area contributed by atoms with Gasteiger partial charge in [0.25, 0.3) is 0 Å². The van der Waals surface area contributed by atoms with Crippen LogP contribution in [0.4, 0.5) is 5.69 Å². The van der Waals surface area contributed by atoms with E-state index in [1.54, 1.807) is 0 Å². The van der Waals surface area contributed by atoms with Crippen LogP contribution in [0.25, 0.3) is 0 Å². The quantitative estimate of drug-likeness (QED) is 0.0789. The zero-order chi connectivity index (χ0) is 30.5. The van der Waals surface area contributed by atoms with Crippen molar-refractivity contribution in [1.29, 1.82) is 0 Å². The lowest BCUT2D eigenvalue weighted by atomic mass is 10.0. The van der Waals surface area contributed by atoms with Crippen molar-refractivity contribution in [3.8, 4) is 0 Å². The highest BCUT2D eigenvalue weighted by atomic mass is 15.4. The molecule has 1 aliphatic heterocycles. The SMILES string of the molecule is CCCCCCCCCCCCCCCCCCCC1N(CCCCCCCCCCCCC)C=CN1c1ccccc1. The zero-order valence-corrected chi connectivity index (χ0v) is 29.2. The lowest BCUT2D eigenvalue weighted by Gasteiger charge is -2.33. The fraction of sp³-hybridized carbons (Fsp3) is 0.805. The van der Waals surface area contributed by atoms with E-state index < -0.39 is 0 Å². The molecule has 2 rings (SSSR count). The van der Waals surface area contributed by atoms with Crippen molar-refractivity contribution in [2.45, 2.75) is 206 Å². The Bertz CT molecular complexity index is 728. The van der Waals surface area contributed by atoms with E-state index in [0.717, 1.165) is 0 Å². The molecule has 0 bridgehead atoms. The first-order chi connectivity index (χ1) is 21.4. The lowest BCUT2D eigenvalue weighted by molar-refractivity contribution is 0.273. The normalized spacial score (nSPS) is 14.8. The monoisotopic (exact) mass is 595 g/mol. The first-order valence-electron chi connectivity index (χ1n) is 19.6. The van der Waals surface area contributed by atoms with Crippen LogP contribution in [-0.2, 0) is 0 Å². The molecule has 0 spiro atoms. The molecule has 0 aliphatic carbocycles. The molecule has 0 saturated carbocycles. The molecule has 0 aromatic heterocycles. The van der Waals surface area contributed by atoms with Crippen LogP contribution in [0.1, 0.15) is 200 Å². The van der Waals surface area contributed by atoms with Gasteiger partial charge in [0.2, 0.25) is 0 Å². The molecule has 1 aromatic carbocycles. The average Bonchev–Trinajstić information content (AvgIpc) is 3.44. The summed E-state index contributed by atoms with van der Waals surface area (Å²) in [5, 5.41) is 0. The Morgan fingerprint density at radius 3 is 1.21 bits per heavy atom. The van der Waals surface area contributed by atoms with E-state index in [1.807, 2.05) is 0 Å². The number of rotatable bonds is 31. The molecule has 2 nitrogen and oxygen atoms in total. The molecule has 2 heteroatoms.